The number of carbonyl (C=O) groups excluding carboxylic acids is 1. The maximum absolute atomic E-state index is 11.9. The van der Waals surface area contributed by atoms with Crippen molar-refractivity contribution in [1.82, 2.24) is 15.1 Å². The Kier molecular flexibility index (Phi) is 5.10. The van der Waals surface area contributed by atoms with Crippen LogP contribution in [-0.4, -0.2) is 55.1 Å². The normalized spacial score (nSPS) is 22.5. The lowest BCUT2D eigenvalue weighted by atomic mass is 10.2. The maximum Gasteiger partial charge on any atom is 0.317 e. The van der Waals surface area contributed by atoms with E-state index in [9.17, 15) is 4.79 Å². The fraction of sp³-hybridized carbons (Fsp3) is 0.923. The number of carbonyl (C=O) groups is 1. The van der Waals surface area contributed by atoms with E-state index < -0.39 is 0 Å². The summed E-state index contributed by atoms with van der Waals surface area (Å²) in [6.45, 7) is 6.11. The van der Waals surface area contributed by atoms with Gasteiger partial charge in [0.2, 0.25) is 0 Å². The van der Waals surface area contributed by atoms with Crippen molar-refractivity contribution in [2.45, 2.75) is 38.5 Å². The highest BCUT2D eigenvalue weighted by Gasteiger charge is 2.15. The van der Waals surface area contributed by atoms with Crippen molar-refractivity contribution in [3.05, 3.63) is 0 Å². The number of hydrogen-bond donors (Lipinski definition) is 1. The summed E-state index contributed by atoms with van der Waals surface area (Å²) in [5.74, 6) is 0. The van der Waals surface area contributed by atoms with Gasteiger partial charge in [-0.2, -0.15) is 0 Å². The molecule has 17 heavy (non-hydrogen) atoms. The van der Waals surface area contributed by atoms with Crippen LogP contribution in [-0.2, 0) is 0 Å². The van der Waals surface area contributed by atoms with E-state index in [1.54, 1.807) is 0 Å². The van der Waals surface area contributed by atoms with E-state index in [-0.39, 0.29) is 6.03 Å². The van der Waals surface area contributed by atoms with Crippen molar-refractivity contribution in [2.75, 3.05) is 39.3 Å². The maximum atomic E-state index is 11.9. The Morgan fingerprint density at radius 1 is 0.882 bits per heavy atom. The number of hydrogen-bond acceptors (Lipinski definition) is 2. The van der Waals surface area contributed by atoms with Crippen molar-refractivity contribution in [2.24, 2.45) is 0 Å². The molecule has 0 aromatic rings. The first-order chi connectivity index (χ1) is 8.36. The number of nitrogens with one attached hydrogen (secondary N) is 1. The van der Waals surface area contributed by atoms with Crippen LogP contribution in [0.3, 0.4) is 0 Å². The molecule has 2 aliphatic rings. The van der Waals surface area contributed by atoms with Crippen LogP contribution in [0.5, 0.6) is 0 Å². The van der Waals surface area contributed by atoms with E-state index >= 15 is 0 Å². The van der Waals surface area contributed by atoms with E-state index in [0.717, 1.165) is 26.2 Å². The van der Waals surface area contributed by atoms with Gasteiger partial charge in [-0.15, -0.1) is 0 Å². The summed E-state index contributed by atoms with van der Waals surface area (Å²) in [7, 11) is 0. The Bertz CT molecular complexity index is 231. The lowest BCUT2D eigenvalue weighted by Crippen LogP contribution is -2.43. The molecule has 2 aliphatic heterocycles. The van der Waals surface area contributed by atoms with Gasteiger partial charge >= 0.3 is 6.03 Å². The number of rotatable bonds is 3. The summed E-state index contributed by atoms with van der Waals surface area (Å²) in [6, 6.07) is 0.145. The molecule has 0 unspecified atom stereocenters. The molecule has 0 aromatic carbocycles. The Morgan fingerprint density at radius 3 is 2.12 bits per heavy atom. The summed E-state index contributed by atoms with van der Waals surface area (Å²) >= 11 is 0. The topological polar surface area (TPSA) is 35.6 Å². The van der Waals surface area contributed by atoms with Crippen LogP contribution in [0.25, 0.3) is 0 Å². The second-order valence-corrected chi connectivity index (χ2v) is 5.18. The molecule has 0 bridgehead atoms. The molecule has 98 valence electrons. The molecule has 1 N–H and O–H groups in total. The molecular weight excluding hydrogens is 214 g/mol. The monoisotopic (exact) mass is 239 g/mol. The first-order valence-electron chi connectivity index (χ1n) is 7.11. The molecule has 2 saturated heterocycles. The zero-order chi connectivity index (χ0) is 11.9. The van der Waals surface area contributed by atoms with Crippen molar-refractivity contribution in [3.63, 3.8) is 0 Å². The summed E-state index contributed by atoms with van der Waals surface area (Å²) in [4.78, 5) is 16.3. The molecule has 0 spiro atoms. The number of urea groups is 1. The van der Waals surface area contributed by atoms with E-state index in [2.05, 4.69) is 10.2 Å². The van der Waals surface area contributed by atoms with Gasteiger partial charge < -0.3 is 15.1 Å². The predicted octanol–water partition coefficient (Wildman–Crippen LogP) is 1.67. The third-order valence-electron chi connectivity index (χ3n) is 3.80. The van der Waals surface area contributed by atoms with Crippen LogP contribution in [0, 0.1) is 0 Å². The molecular formula is C13H25N3O. The number of nitrogens with zero attached hydrogens (tertiary/aromatic N) is 2. The van der Waals surface area contributed by atoms with Gasteiger partial charge in [0.1, 0.15) is 0 Å². The van der Waals surface area contributed by atoms with Crippen LogP contribution < -0.4 is 5.32 Å². The Labute approximate surface area is 104 Å². The minimum atomic E-state index is 0.145. The van der Waals surface area contributed by atoms with E-state index in [0.29, 0.717) is 0 Å². The van der Waals surface area contributed by atoms with Gasteiger partial charge in [0.05, 0.1) is 0 Å². The van der Waals surface area contributed by atoms with E-state index in [1.165, 1.54) is 51.6 Å². The summed E-state index contributed by atoms with van der Waals surface area (Å²) in [5, 5.41) is 3.05. The second kappa shape index (κ2) is 6.84. The fourth-order valence-corrected chi connectivity index (χ4v) is 2.71. The number of likely N-dealkylation sites (tertiary alicyclic amines) is 2. The van der Waals surface area contributed by atoms with Crippen LogP contribution >= 0.6 is 0 Å². The van der Waals surface area contributed by atoms with Gasteiger partial charge in [-0.3, -0.25) is 0 Å². The zero-order valence-electron chi connectivity index (χ0n) is 10.8. The molecule has 2 heterocycles. The lowest BCUT2D eigenvalue weighted by Gasteiger charge is -2.22. The highest BCUT2D eigenvalue weighted by molar-refractivity contribution is 5.74. The highest BCUT2D eigenvalue weighted by atomic mass is 16.2. The van der Waals surface area contributed by atoms with E-state index in [1.807, 2.05) is 4.90 Å². The molecule has 2 amide bonds. The third-order valence-corrected chi connectivity index (χ3v) is 3.80. The minimum Gasteiger partial charge on any atom is -0.337 e. The van der Waals surface area contributed by atoms with Crippen LogP contribution in [0.15, 0.2) is 0 Å². The molecule has 2 fully saturated rings. The Hall–Kier alpha value is -0.770. The zero-order valence-corrected chi connectivity index (χ0v) is 10.8. The molecule has 2 rings (SSSR count). The molecule has 0 radical (unpaired) electrons. The van der Waals surface area contributed by atoms with Crippen molar-refractivity contribution in [3.8, 4) is 0 Å². The highest BCUT2D eigenvalue weighted by Crippen LogP contribution is 2.09. The smallest absolute Gasteiger partial charge is 0.317 e. The van der Waals surface area contributed by atoms with Gasteiger partial charge in [-0.1, -0.05) is 12.8 Å². The Morgan fingerprint density at radius 2 is 1.47 bits per heavy atom. The fourth-order valence-electron chi connectivity index (χ4n) is 2.71. The van der Waals surface area contributed by atoms with Crippen LogP contribution in [0.1, 0.15) is 38.5 Å². The van der Waals surface area contributed by atoms with E-state index in [4.69, 9.17) is 0 Å². The predicted molar refractivity (Wildman–Crippen MR) is 69.1 cm³/mol. The molecule has 4 heteroatoms. The first-order valence-corrected chi connectivity index (χ1v) is 7.11. The van der Waals surface area contributed by atoms with Crippen LogP contribution in [0.2, 0.25) is 0 Å². The molecule has 0 aliphatic carbocycles. The quantitative estimate of drug-likeness (QED) is 0.813. The van der Waals surface area contributed by atoms with Crippen LogP contribution in [0.4, 0.5) is 4.79 Å². The average Bonchev–Trinajstić information content (AvgIpc) is 2.69. The first kappa shape index (κ1) is 12.7. The average molecular weight is 239 g/mol. The van der Waals surface area contributed by atoms with Gasteiger partial charge in [0.25, 0.3) is 0 Å². The van der Waals surface area contributed by atoms with Gasteiger partial charge in [-0.05, 0) is 38.8 Å². The molecule has 0 saturated carbocycles. The van der Waals surface area contributed by atoms with Crippen molar-refractivity contribution < 1.29 is 4.79 Å². The van der Waals surface area contributed by atoms with Gasteiger partial charge in [-0.25, -0.2) is 4.79 Å². The third kappa shape index (κ3) is 4.19. The number of amides is 2. The molecule has 0 aromatic heterocycles. The second-order valence-electron chi connectivity index (χ2n) is 5.18. The summed E-state index contributed by atoms with van der Waals surface area (Å²) in [6.07, 6.45) is 7.52. The largest absolute Gasteiger partial charge is 0.337 e. The Balaban J connectivity index is 1.61. The summed E-state index contributed by atoms with van der Waals surface area (Å²) < 4.78 is 0. The molecule has 0 atom stereocenters. The van der Waals surface area contributed by atoms with Crippen molar-refractivity contribution in [1.29, 1.82) is 0 Å². The standard InChI is InChI=1S/C13H25N3O/c17-13(16-10-3-1-2-4-11-16)14-7-12-15-8-5-6-9-15/h1-12H2,(H,14,17). The SMILES string of the molecule is O=C(NCCN1CCCC1)N1CCCCCC1. The van der Waals surface area contributed by atoms with Gasteiger partial charge in [0, 0.05) is 26.2 Å². The van der Waals surface area contributed by atoms with Gasteiger partial charge in [0.15, 0.2) is 0 Å². The van der Waals surface area contributed by atoms with Crippen molar-refractivity contribution >= 4 is 6.03 Å². The summed E-state index contributed by atoms with van der Waals surface area (Å²) in [5.41, 5.74) is 0. The lowest BCUT2D eigenvalue weighted by molar-refractivity contribution is 0.198. The minimum absolute atomic E-state index is 0.145. The molecule has 4 nitrogen and oxygen atoms in total.